The number of carbonyl (C=O) groups is 2. The van der Waals surface area contributed by atoms with E-state index >= 15 is 0 Å². The van der Waals surface area contributed by atoms with Crippen LogP contribution < -0.4 is 10.7 Å². The maximum atomic E-state index is 13.4. The molecule has 4 rings (SSSR count). The van der Waals surface area contributed by atoms with Gasteiger partial charge in [-0.15, -0.1) is 0 Å². The number of fused-ring (bicyclic) bond motifs is 1. The molecular weight excluding hydrogens is 425 g/mol. The number of rotatable bonds is 5. The highest BCUT2D eigenvalue weighted by atomic mass is 19.1. The highest BCUT2D eigenvalue weighted by Crippen LogP contribution is 2.27. The van der Waals surface area contributed by atoms with E-state index in [2.05, 4.69) is 5.32 Å². The first-order valence-corrected chi connectivity index (χ1v) is 10.2. The van der Waals surface area contributed by atoms with Crippen LogP contribution in [0.1, 0.15) is 21.5 Å². The van der Waals surface area contributed by atoms with Crippen LogP contribution in [0.4, 0.5) is 10.1 Å². The minimum absolute atomic E-state index is 0.0246. The van der Waals surface area contributed by atoms with E-state index in [1.807, 2.05) is 18.2 Å². The summed E-state index contributed by atoms with van der Waals surface area (Å²) in [7, 11) is 0. The summed E-state index contributed by atoms with van der Waals surface area (Å²) in [6, 6.07) is 17.7. The molecule has 0 spiro atoms. The van der Waals surface area contributed by atoms with Gasteiger partial charge in [0.1, 0.15) is 17.1 Å². The normalized spacial score (nSPS) is 10.8. The average Bonchev–Trinajstić information content (AvgIpc) is 2.82. The first kappa shape index (κ1) is 22.0. The molecule has 0 atom stereocenters. The van der Waals surface area contributed by atoms with Gasteiger partial charge in [0.15, 0.2) is 17.6 Å². The maximum Gasteiger partial charge on any atom is 0.342 e. The largest absolute Gasteiger partial charge is 0.455 e. The number of hydrogen-bond acceptors (Lipinski definition) is 5. The summed E-state index contributed by atoms with van der Waals surface area (Å²) >= 11 is 0. The van der Waals surface area contributed by atoms with Gasteiger partial charge in [0.25, 0.3) is 5.91 Å². The van der Waals surface area contributed by atoms with Crippen LogP contribution in [-0.4, -0.2) is 18.5 Å². The number of anilines is 1. The van der Waals surface area contributed by atoms with E-state index in [4.69, 9.17) is 9.15 Å². The summed E-state index contributed by atoms with van der Waals surface area (Å²) in [5.41, 5.74) is 1.91. The maximum absolute atomic E-state index is 13.4. The summed E-state index contributed by atoms with van der Waals surface area (Å²) in [4.78, 5) is 37.9. The van der Waals surface area contributed by atoms with Crippen molar-refractivity contribution in [3.63, 3.8) is 0 Å². The molecule has 1 aromatic heterocycles. The van der Waals surface area contributed by atoms with Gasteiger partial charge in [-0.05, 0) is 43.7 Å². The standard InChI is InChI=1S/C26H20FNO5/c1-15-11-12-18(27)13-21(15)28-22(29)14-32-26(31)20-10-6-9-19-23(30)16(2)24(33-25(19)20)17-7-4-3-5-8-17/h3-13H,14H2,1-2H3,(H,28,29). The molecule has 0 aliphatic rings. The van der Waals surface area contributed by atoms with E-state index < -0.39 is 24.3 Å². The van der Waals surface area contributed by atoms with Crippen LogP contribution in [0.25, 0.3) is 22.3 Å². The van der Waals surface area contributed by atoms with Crippen molar-refractivity contribution in [2.75, 3.05) is 11.9 Å². The number of esters is 1. The lowest BCUT2D eigenvalue weighted by atomic mass is 10.0. The molecule has 0 radical (unpaired) electrons. The Morgan fingerprint density at radius 3 is 2.52 bits per heavy atom. The van der Waals surface area contributed by atoms with Gasteiger partial charge in [0.2, 0.25) is 0 Å². The van der Waals surface area contributed by atoms with Crippen LogP contribution >= 0.6 is 0 Å². The lowest BCUT2D eigenvalue weighted by Gasteiger charge is -2.11. The summed E-state index contributed by atoms with van der Waals surface area (Å²) in [6.07, 6.45) is 0. The predicted octanol–water partition coefficient (Wildman–Crippen LogP) is 5.01. The second-order valence-electron chi connectivity index (χ2n) is 7.52. The number of ether oxygens (including phenoxy) is 1. The molecule has 166 valence electrons. The van der Waals surface area contributed by atoms with Gasteiger partial charge in [-0.3, -0.25) is 9.59 Å². The van der Waals surface area contributed by atoms with E-state index in [0.717, 1.165) is 0 Å². The summed E-state index contributed by atoms with van der Waals surface area (Å²) < 4.78 is 24.6. The SMILES string of the molecule is Cc1ccc(F)cc1NC(=O)COC(=O)c1cccc2c(=O)c(C)c(-c3ccccc3)oc12. The average molecular weight is 445 g/mol. The highest BCUT2D eigenvalue weighted by Gasteiger charge is 2.20. The van der Waals surface area contributed by atoms with Gasteiger partial charge in [-0.1, -0.05) is 42.5 Å². The molecule has 1 heterocycles. The molecule has 7 heteroatoms. The van der Waals surface area contributed by atoms with E-state index in [1.165, 1.54) is 24.3 Å². The minimum Gasteiger partial charge on any atom is -0.455 e. The van der Waals surface area contributed by atoms with Crippen molar-refractivity contribution in [2.45, 2.75) is 13.8 Å². The van der Waals surface area contributed by atoms with Gasteiger partial charge < -0.3 is 14.5 Å². The summed E-state index contributed by atoms with van der Waals surface area (Å²) in [5, 5.41) is 2.75. The van der Waals surface area contributed by atoms with Crippen molar-refractivity contribution in [3.05, 3.63) is 99.5 Å². The van der Waals surface area contributed by atoms with E-state index in [9.17, 15) is 18.8 Å². The van der Waals surface area contributed by atoms with E-state index in [1.54, 1.807) is 38.1 Å². The first-order valence-electron chi connectivity index (χ1n) is 10.2. The monoisotopic (exact) mass is 445 g/mol. The zero-order valence-electron chi connectivity index (χ0n) is 18.0. The minimum atomic E-state index is -0.822. The Hall–Kier alpha value is -4.26. The number of aryl methyl sites for hydroxylation is 1. The first-order chi connectivity index (χ1) is 15.8. The van der Waals surface area contributed by atoms with Gasteiger partial charge in [-0.2, -0.15) is 0 Å². The second-order valence-corrected chi connectivity index (χ2v) is 7.52. The van der Waals surface area contributed by atoms with Crippen molar-refractivity contribution >= 4 is 28.5 Å². The predicted molar refractivity (Wildman–Crippen MR) is 123 cm³/mol. The zero-order chi connectivity index (χ0) is 23.5. The molecule has 0 unspecified atom stereocenters. The van der Waals surface area contributed by atoms with Crippen LogP contribution in [0.15, 0.2) is 75.9 Å². The number of nitrogens with one attached hydrogen (secondary N) is 1. The lowest BCUT2D eigenvalue weighted by molar-refractivity contribution is -0.119. The zero-order valence-corrected chi connectivity index (χ0v) is 18.0. The highest BCUT2D eigenvalue weighted by molar-refractivity contribution is 6.03. The van der Waals surface area contributed by atoms with E-state index in [0.29, 0.717) is 22.5 Å². The molecule has 3 aromatic carbocycles. The molecule has 0 saturated carbocycles. The Morgan fingerprint density at radius 1 is 1.00 bits per heavy atom. The van der Waals surface area contributed by atoms with Crippen molar-refractivity contribution < 1.29 is 23.1 Å². The summed E-state index contributed by atoms with van der Waals surface area (Å²) in [6.45, 7) is 2.79. The van der Waals surface area contributed by atoms with Crippen LogP contribution in [0, 0.1) is 19.7 Å². The molecule has 0 aliphatic carbocycles. The Labute approximate surface area is 188 Å². The number of amides is 1. The van der Waals surface area contributed by atoms with Crippen molar-refractivity contribution in [2.24, 2.45) is 0 Å². The summed E-state index contributed by atoms with van der Waals surface area (Å²) in [5.74, 6) is -1.59. The smallest absolute Gasteiger partial charge is 0.342 e. The second kappa shape index (κ2) is 9.08. The number of para-hydroxylation sites is 1. The van der Waals surface area contributed by atoms with Crippen LogP contribution in [-0.2, 0) is 9.53 Å². The Bertz CT molecular complexity index is 1430. The van der Waals surface area contributed by atoms with Crippen molar-refractivity contribution in [3.8, 4) is 11.3 Å². The Morgan fingerprint density at radius 2 is 1.76 bits per heavy atom. The molecule has 1 N–H and O–H groups in total. The van der Waals surface area contributed by atoms with Gasteiger partial charge in [0, 0.05) is 16.8 Å². The fraction of sp³-hybridized carbons (Fsp3) is 0.115. The topological polar surface area (TPSA) is 85.6 Å². The van der Waals surface area contributed by atoms with Crippen molar-refractivity contribution in [1.29, 1.82) is 0 Å². The fourth-order valence-corrected chi connectivity index (χ4v) is 3.46. The third-order valence-electron chi connectivity index (χ3n) is 5.21. The number of carbonyl (C=O) groups excluding carboxylic acids is 2. The number of benzene rings is 3. The molecule has 0 aliphatic heterocycles. The number of hydrogen-bond donors (Lipinski definition) is 1. The van der Waals surface area contributed by atoms with Gasteiger partial charge in [-0.25, -0.2) is 9.18 Å². The molecule has 33 heavy (non-hydrogen) atoms. The fourth-order valence-electron chi connectivity index (χ4n) is 3.46. The molecule has 0 saturated heterocycles. The quantitative estimate of drug-likeness (QED) is 0.437. The molecule has 0 fully saturated rings. The third kappa shape index (κ3) is 4.52. The lowest BCUT2D eigenvalue weighted by Crippen LogP contribution is -2.21. The third-order valence-corrected chi connectivity index (χ3v) is 5.21. The van der Waals surface area contributed by atoms with E-state index in [-0.39, 0.29) is 27.6 Å². The Balaban J connectivity index is 1.60. The molecular formula is C26H20FNO5. The Kier molecular flexibility index (Phi) is 6.04. The van der Waals surface area contributed by atoms with Crippen LogP contribution in [0.5, 0.6) is 0 Å². The van der Waals surface area contributed by atoms with Gasteiger partial charge in [0.05, 0.1) is 5.39 Å². The van der Waals surface area contributed by atoms with Crippen molar-refractivity contribution in [1.82, 2.24) is 0 Å². The molecule has 4 aromatic rings. The van der Waals surface area contributed by atoms with Crippen LogP contribution in [0.3, 0.4) is 0 Å². The number of halogens is 1. The molecule has 1 amide bonds. The van der Waals surface area contributed by atoms with Crippen LogP contribution in [0.2, 0.25) is 0 Å². The van der Waals surface area contributed by atoms with Gasteiger partial charge >= 0.3 is 5.97 Å². The molecule has 0 bridgehead atoms. The molecule has 6 nitrogen and oxygen atoms in total.